The van der Waals surface area contributed by atoms with Gasteiger partial charge >= 0.3 is 6.18 Å². The van der Waals surface area contributed by atoms with Crippen molar-refractivity contribution >= 4 is 11.2 Å². The minimum absolute atomic E-state index is 0.264. The van der Waals surface area contributed by atoms with E-state index in [-0.39, 0.29) is 11.2 Å². The van der Waals surface area contributed by atoms with Gasteiger partial charge in [-0.15, -0.1) is 0 Å². The van der Waals surface area contributed by atoms with Crippen LogP contribution >= 0.6 is 0 Å². The first-order valence-electron chi connectivity index (χ1n) is 3.80. The maximum atomic E-state index is 12.3. The lowest BCUT2D eigenvalue weighted by Gasteiger charge is -2.01. The van der Waals surface area contributed by atoms with Crippen molar-refractivity contribution < 1.29 is 13.2 Å². The van der Waals surface area contributed by atoms with Gasteiger partial charge in [0.2, 0.25) is 0 Å². The SMILES string of the molecule is Nc1c(C(F)(F)F)nn2ccccc12. The van der Waals surface area contributed by atoms with Crippen LogP contribution in [0.1, 0.15) is 5.69 Å². The Hall–Kier alpha value is -1.72. The molecule has 0 aliphatic heterocycles. The number of hydrogen-bond donors (Lipinski definition) is 1. The van der Waals surface area contributed by atoms with E-state index in [1.807, 2.05) is 0 Å². The standard InChI is InChI=1S/C8H6F3N3/c9-8(10,11)7-6(12)5-3-1-2-4-14(5)13-7/h1-4H,12H2. The van der Waals surface area contributed by atoms with Gasteiger partial charge in [0.15, 0.2) is 5.69 Å². The Bertz CT molecular complexity index is 472. The Morgan fingerprint density at radius 1 is 1.29 bits per heavy atom. The molecule has 0 saturated heterocycles. The number of pyridine rings is 1. The highest BCUT2D eigenvalue weighted by Crippen LogP contribution is 2.34. The van der Waals surface area contributed by atoms with Gasteiger partial charge in [-0.3, -0.25) is 0 Å². The fraction of sp³-hybridized carbons (Fsp3) is 0.125. The van der Waals surface area contributed by atoms with E-state index in [4.69, 9.17) is 5.73 Å². The summed E-state index contributed by atoms with van der Waals surface area (Å²) >= 11 is 0. The van der Waals surface area contributed by atoms with Gasteiger partial charge in [0.25, 0.3) is 0 Å². The molecule has 0 aliphatic rings. The van der Waals surface area contributed by atoms with E-state index < -0.39 is 11.9 Å². The Morgan fingerprint density at radius 2 is 2.00 bits per heavy atom. The normalized spacial score (nSPS) is 12.2. The lowest BCUT2D eigenvalue weighted by molar-refractivity contribution is -0.140. The van der Waals surface area contributed by atoms with Crippen molar-refractivity contribution in [3.05, 3.63) is 30.1 Å². The molecule has 0 amide bonds. The van der Waals surface area contributed by atoms with Gasteiger partial charge in [-0.25, -0.2) is 4.52 Å². The summed E-state index contributed by atoms with van der Waals surface area (Å²) in [7, 11) is 0. The summed E-state index contributed by atoms with van der Waals surface area (Å²) in [4.78, 5) is 0. The molecule has 0 aliphatic carbocycles. The van der Waals surface area contributed by atoms with Crippen LogP contribution in [0.25, 0.3) is 5.52 Å². The van der Waals surface area contributed by atoms with Crippen molar-refractivity contribution in [2.24, 2.45) is 0 Å². The molecule has 2 N–H and O–H groups in total. The van der Waals surface area contributed by atoms with Crippen LogP contribution < -0.4 is 5.73 Å². The van der Waals surface area contributed by atoms with E-state index >= 15 is 0 Å². The highest BCUT2D eigenvalue weighted by atomic mass is 19.4. The summed E-state index contributed by atoms with van der Waals surface area (Å²) in [6.07, 6.45) is -3.09. The number of anilines is 1. The molecule has 0 radical (unpaired) electrons. The molecule has 0 fully saturated rings. The number of hydrogen-bond acceptors (Lipinski definition) is 2. The zero-order valence-electron chi connectivity index (χ0n) is 6.92. The highest BCUT2D eigenvalue weighted by molar-refractivity contribution is 5.72. The molecular weight excluding hydrogens is 195 g/mol. The molecule has 2 rings (SSSR count). The molecular formula is C8H6F3N3. The third kappa shape index (κ3) is 1.19. The Morgan fingerprint density at radius 3 is 2.57 bits per heavy atom. The molecule has 0 spiro atoms. The second kappa shape index (κ2) is 2.63. The molecule has 0 bridgehead atoms. The number of halogens is 3. The number of nitrogen functional groups attached to an aromatic ring is 1. The van der Waals surface area contributed by atoms with Crippen molar-refractivity contribution in [3.63, 3.8) is 0 Å². The number of nitrogens with two attached hydrogens (primary N) is 1. The van der Waals surface area contributed by atoms with E-state index in [1.54, 1.807) is 12.1 Å². The van der Waals surface area contributed by atoms with Crippen LogP contribution in [0.3, 0.4) is 0 Å². The van der Waals surface area contributed by atoms with Crippen molar-refractivity contribution in [1.82, 2.24) is 9.61 Å². The summed E-state index contributed by atoms with van der Waals surface area (Å²) < 4.78 is 38.1. The second-order valence-electron chi connectivity index (χ2n) is 2.79. The molecule has 2 heterocycles. The summed E-state index contributed by atoms with van der Waals surface area (Å²) in [6.45, 7) is 0. The van der Waals surface area contributed by atoms with Gasteiger partial charge < -0.3 is 5.73 Å². The zero-order valence-corrected chi connectivity index (χ0v) is 6.92. The van der Waals surface area contributed by atoms with Crippen molar-refractivity contribution in [2.45, 2.75) is 6.18 Å². The fourth-order valence-corrected chi connectivity index (χ4v) is 1.23. The van der Waals surface area contributed by atoms with Gasteiger partial charge in [-0.1, -0.05) is 6.07 Å². The number of nitrogens with zero attached hydrogens (tertiary/aromatic N) is 2. The first kappa shape index (κ1) is 8.86. The number of rotatable bonds is 0. The third-order valence-corrected chi connectivity index (χ3v) is 1.85. The van der Waals surface area contributed by atoms with Crippen LogP contribution in [0.5, 0.6) is 0 Å². The molecule has 2 aromatic heterocycles. The number of fused-ring (bicyclic) bond motifs is 1. The highest BCUT2D eigenvalue weighted by Gasteiger charge is 2.37. The summed E-state index contributed by atoms with van der Waals surface area (Å²) in [6, 6.07) is 4.67. The van der Waals surface area contributed by atoms with Crippen molar-refractivity contribution in [2.75, 3.05) is 5.73 Å². The monoisotopic (exact) mass is 201 g/mol. The maximum Gasteiger partial charge on any atom is 0.437 e. The van der Waals surface area contributed by atoms with Gasteiger partial charge in [0.05, 0.1) is 11.2 Å². The Kier molecular flexibility index (Phi) is 1.67. The maximum absolute atomic E-state index is 12.3. The minimum atomic E-state index is -4.50. The first-order valence-corrected chi connectivity index (χ1v) is 3.80. The van der Waals surface area contributed by atoms with Crippen LogP contribution in [-0.2, 0) is 6.18 Å². The van der Waals surface area contributed by atoms with Crippen molar-refractivity contribution in [3.8, 4) is 0 Å². The van der Waals surface area contributed by atoms with E-state index in [0.717, 1.165) is 4.52 Å². The minimum Gasteiger partial charge on any atom is -0.395 e. The summed E-state index contributed by atoms with van der Waals surface area (Å²) in [5, 5.41) is 3.35. The summed E-state index contributed by atoms with van der Waals surface area (Å²) in [5.41, 5.74) is 4.21. The molecule has 0 aromatic carbocycles. The van der Waals surface area contributed by atoms with Crippen LogP contribution in [0.4, 0.5) is 18.9 Å². The predicted octanol–water partition coefficient (Wildman–Crippen LogP) is 1.94. The molecule has 0 saturated carbocycles. The van der Waals surface area contributed by atoms with E-state index in [1.165, 1.54) is 12.3 Å². The van der Waals surface area contributed by atoms with Crippen molar-refractivity contribution in [1.29, 1.82) is 0 Å². The van der Waals surface area contributed by atoms with E-state index in [0.29, 0.717) is 0 Å². The Labute approximate surface area is 76.9 Å². The topological polar surface area (TPSA) is 43.3 Å². The average molecular weight is 201 g/mol. The first-order chi connectivity index (χ1) is 6.50. The third-order valence-electron chi connectivity index (χ3n) is 1.85. The molecule has 0 unspecified atom stereocenters. The lowest BCUT2D eigenvalue weighted by Crippen LogP contribution is -2.08. The number of aromatic nitrogens is 2. The average Bonchev–Trinajstić information content (AvgIpc) is 2.44. The van der Waals surface area contributed by atoms with E-state index in [2.05, 4.69) is 5.10 Å². The van der Waals surface area contributed by atoms with Gasteiger partial charge in [0.1, 0.15) is 0 Å². The smallest absolute Gasteiger partial charge is 0.395 e. The molecule has 6 heteroatoms. The van der Waals surface area contributed by atoms with Crippen LogP contribution in [0.2, 0.25) is 0 Å². The predicted molar refractivity (Wildman–Crippen MR) is 44.6 cm³/mol. The largest absolute Gasteiger partial charge is 0.437 e. The molecule has 2 aromatic rings. The molecule has 14 heavy (non-hydrogen) atoms. The summed E-state index contributed by atoms with van der Waals surface area (Å²) in [5.74, 6) is 0. The zero-order chi connectivity index (χ0) is 10.3. The van der Waals surface area contributed by atoms with Gasteiger partial charge in [-0.2, -0.15) is 18.3 Å². The number of alkyl halides is 3. The van der Waals surface area contributed by atoms with E-state index in [9.17, 15) is 13.2 Å². The molecule has 3 nitrogen and oxygen atoms in total. The Balaban J connectivity index is 2.75. The fourth-order valence-electron chi connectivity index (χ4n) is 1.23. The van der Waals surface area contributed by atoms with Gasteiger partial charge in [-0.05, 0) is 12.1 Å². The second-order valence-corrected chi connectivity index (χ2v) is 2.79. The quantitative estimate of drug-likeness (QED) is 0.707. The van der Waals surface area contributed by atoms with Crippen LogP contribution in [0.15, 0.2) is 24.4 Å². The van der Waals surface area contributed by atoms with Crippen LogP contribution in [0, 0.1) is 0 Å². The lowest BCUT2D eigenvalue weighted by atomic mass is 10.3. The molecule has 0 atom stereocenters. The van der Waals surface area contributed by atoms with Crippen LogP contribution in [-0.4, -0.2) is 9.61 Å². The molecule has 74 valence electrons. The van der Waals surface area contributed by atoms with Gasteiger partial charge in [0, 0.05) is 6.20 Å².